The Morgan fingerprint density at radius 1 is 0.780 bits per heavy atom. The highest BCUT2D eigenvalue weighted by Crippen LogP contribution is 2.42. The van der Waals surface area contributed by atoms with E-state index in [-0.39, 0.29) is 5.41 Å². The number of alkyl halides is 3. The highest BCUT2D eigenvalue weighted by Gasteiger charge is 2.38. The van der Waals surface area contributed by atoms with Crippen molar-refractivity contribution in [3.63, 3.8) is 0 Å². The summed E-state index contributed by atoms with van der Waals surface area (Å²) in [6, 6.07) is 30.9. The summed E-state index contributed by atoms with van der Waals surface area (Å²) in [6.45, 7) is 6.60. The number of hydrogen-bond donors (Lipinski definition) is 1. The van der Waals surface area contributed by atoms with Crippen molar-refractivity contribution in [2.45, 2.75) is 50.1 Å². The van der Waals surface area contributed by atoms with Crippen molar-refractivity contribution in [2.24, 2.45) is 0 Å². The number of carboxylic acid groups (broad SMARTS) is 1. The SMILES string of the molecule is O=C(O)C(F)(F)F.c1ccc(C2(c3ccccc3)CCN(c3ccc(OCCCN4CCCCC4)cc3)CC2)cc1. The third-order valence-electron chi connectivity index (χ3n) is 8.05. The fourth-order valence-electron chi connectivity index (χ4n) is 5.82. The van der Waals surface area contributed by atoms with E-state index in [1.807, 2.05) is 0 Å². The van der Waals surface area contributed by atoms with Crippen LogP contribution in [0.1, 0.15) is 49.7 Å². The smallest absolute Gasteiger partial charge is 0.490 e. The number of carbonyl (C=O) groups is 1. The Bertz CT molecular complexity index is 1150. The number of ether oxygens (including phenoxy) is 1. The minimum absolute atomic E-state index is 0.0937. The lowest BCUT2D eigenvalue weighted by Gasteiger charge is -2.43. The van der Waals surface area contributed by atoms with Crippen LogP contribution in [0, 0.1) is 0 Å². The van der Waals surface area contributed by atoms with Crippen LogP contribution in [-0.4, -0.2) is 61.5 Å². The third-order valence-corrected chi connectivity index (χ3v) is 8.05. The molecule has 0 unspecified atom stereocenters. The summed E-state index contributed by atoms with van der Waals surface area (Å²) in [6.07, 6.45) is 2.38. The highest BCUT2D eigenvalue weighted by atomic mass is 19.4. The quantitative estimate of drug-likeness (QED) is 0.292. The van der Waals surface area contributed by atoms with E-state index < -0.39 is 12.1 Å². The zero-order chi connectivity index (χ0) is 29.1. The largest absolute Gasteiger partial charge is 0.494 e. The fourth-order valence-corrected chi connectivity index (χ4v) is 5.82. The van der Waals surface area contributed by atoms with Gasteiger partial charge in [0.05, 0.1) is 6.61 Å². The Kier molecular flexibility index (Phi) is 10.7. The molecule has 1 N–H and O–H groups in total. The number of hydrogen-bond acceptors (Lipinski definition) is 4. The number of nitrogens with zero attached hydrogens (tertiary/aromatic N) is 2. The van der Waals surface area contributed by atoms with E-state index in [2.05, 4.69) is 94.7 Å². The van der Waals surface area contributed by atoms with Gasteiger partial charge in [0.1, 0.15) is 5.75 Å². The predicted octanol–water partition coefficient (Wildman–Crippen LogP) is 7.16. The first-order chi connectivity index (χ1) is 19.8. The van der Waals surface area contributed by atoms with Gasteiger partial charge in [0, 0.05) is 30.7 Å². The van der Waals surface area contributed by atoms with Gasteiger partial charge in [-0.2, -0.15) is 13.2 Å². The zero-order valence-corrected chi connectivity index (χ0v) is 23.4. The number of aliphatic carboxylic acids is 1. The molecule has 3 aromatic carbocycles. The van der Waals surface area contributed by atoms with Crippen LogP contribution in [0.3, 0.4) is 0 Å². The van der Waals surface area contributed by atoms with Crippen molar-refractivity contribution in [3.05, 3.63) is 96.1 Å². The van der Waals surface area contributed by atoms with E-state index in [1.165, 1.54) is 49.2 Å². The molecule has 0 spiro atoms. The third kappa shape index (κ3) is 8.49. The molecule has 5 rings (SSSR count). The molecule has 0 bridgehead atoms. The van der Waals surface area contributed by atoms with Crippen molar-refractivity contribution in [3.8, 4) is 5.75 Å². The lowest BCUT2D eigenvalue weighted by Crippen LogP contribution is -2.43. The van der Waals surface area contributed by atoms with Gasteiger partial charge in [0.15, 0.2) is 0 Å². The van der Waals surface area contributed by atoms with Gasteiger partial charge >= 0.3 is 12.1 Å². The van der Waals surface area contributed by atoms with Crippen LogP contribution < -0.4 is 9.64 Å². The lowest BCUT2D eigenvalue weighted by atomic mass is 9.68. The van der Waals surface area contributed by atoms with Crippen LogP contribution in [0.25, 0.3) is 0 Å². The Hall–Kier alpha value is -3.52. The van der Waals surface area contributed by atoms with Gasteiger partial charge < -0.3 is 19.6 Å². The number of piperidine rings is 2. The van der Waals surface area contributed by atoms with Gasteiger partial charge in [-0.3, -0.25) is 0 Å². The second-order valence-electron chi connectivity index (χ2n) is 10.7. The molecule has 0 amide bonds. The average molecular weight is 569 g/mol. The van der Waals surface area contributed by atoms with Gasteiger partial charge in [-0.15, -0.1) is 0 Å². The first-order valence-corrected chi connectivity index (χ1v) is 14.4. The minimum Gasteiger partial charge on any atom is -0.494 e. The molecule has 0 aromatic heterocycles. The van der Waals surface area contributed by atoms with Gasteiger partial charge in [0.2, 0.25) is 0 Å². The first kappa shape index (κ1) is 30.4. The lowest BCUT2D eigenvalue weighted by molar-refractivity contribution is -0.192. The highest BCUT2D eigenvalue weighted by molar-refractivity contribution is 5.73. The van der Waals surface area contributed by atoms with Gasteiger partial charge in [-0.05, 0) is 80.6 Å². The molecule has 2 saturated heterocycles. The molecule has 5 nitrogen and oxygen atoms in total. The maximum absolute atomic E-state index is 10.6. The van der Waals surface area contributed by atoms with E-state index in [0.29, 0.717) is 0 Å². The Balaban J connectivity index is 0.000000493. The molecule has 0 aliphatic carbocycles. The Morgan fingerprint density at radius 2 is 1.29 bits per heavy atom. The van der Waals surface area contributed by atoms with Crippen LogP contribution in [0.2, 0.25) is 0 Å². The second kappa shape index (κ2) is 14.4. The van der Waals surface area contributed by atoms with Crippen molar-refractivity contribution in [1.82, 2.24) is 4.90 Å². The van der Waals surface area contributed by atoms with Crippen LogP contribution in [0.15, 0.2) is 84.9 Å². The predicted molar refractivity (Wildman–Crippen MR) is 156 cm³/mol. The van der Waals surface area contributed by atoms with Gasteiger partial charge in [-0.1, -0.05) is 67.1 Å². The maximum atomic E-state index is 10.6. The topological polar surface area (TPSA) is 53.0 Å². The number of likely N-dealkylation sites (tertiary alicyclic amines) is 1. The Morgan fingerprint density at radius 3 is 1.78 bits per heavy atom. The van der Waals surface area contributed by atoms with E-state index in [4.69, 9.17) is 14.6 Å². The summed E-state index contributed by atoms with van der Waals surface area (Å²) >= 11 is 0. The fraction of sp³-hybridized carbons (Fsp3) is 0.424. The summed E-state index contributed by atoms with van der Waals surface area (Å²) in [5.74, 6) is -1.77. The molecule has 2 fully saturated rings. The van der Waals surface area contributed by atoms with Gasteiger partial charge in [0.25, 0.3) is 0 Å². The monoisotopic (exact) mass is 568 g/mol. The summed E-state index contributed by atoms with van der Waals surface area (Å²) in [5.41, 5.74) is 4.27. The average Bonchev–Trinajstić information content (AvgIpc) is 3.01. The van der Waals surface area contributed by atoms with Crippen LogP contribution in [0.5, 0.6) is 5.75 Å². The normalized spacial score (nSPS) is 17.3. The van der Waals surface area contributed by atoms with Crippen LogP contribution in [0.4, 0.5) is 18.9 Å². The summed E-state index contributed by atoms with van der Waals surface area (Å²) in [7, 11) is 0. The summed E-state index contributed by atoms with van der Waals surface area (Å²) < 4.78 is 37.8. The molecular weight excluding hydrogens is 529 g/mol. The van der Waals surface area contributed by atoms with Crippen LogP contribution >= 0.6 is 0 Å². The Labute approximate surface area is 240 Å². The standard InChI is InChI=1S/C31H38N2O.C2HF3O2/c1-4-11-27(12-5-1)31(28-13-6-2-7-14-28)19-24-33(25-20-31)29-15-17-30(18-16-29)34-26-10-23-32-21-8-3-9-22-32;3-2(4,5)1(6)7/h1-2,4-7,11-18H,3,8-10,19-26H2;(H,6,7). The maximum Gasteiger partial charge on any atom is 0.490 e. The van der Waals surface area contributed by atoms with E-state index in [1.54, 1.807) is 0 Å². The molecule has 0 saturated carbocycles. The number of carboxylic acids is 1. The molecule has 41 heavy (non-hydrogen) atoms. The second-order valence-corrected chi connectivity index (χ2v) is 10.7. The van der Waals surface area contributed by atoms with Crippen molar-refractivity contribution in [1.29, 1.82) is 0 Å². The number of benzene rings is 3. The zero-order valence-electron chi connectivity index (χ0n) is 23.4. The van der Waals surface area contributed by atoms with Crippen molar-refractivity contribution in [2.75, 3.05) is 44.2 Å². The molecule has 2 aliphatic heterocycles. The van der Waals surface area contributed by atoms with Gasteiger partial charge in [-0.25, -0.2) is 4.79 Å². The molecule has 0 atom stereocenters. The number of halogens is 3. The number of rotatable bonds is 8. The molecule has 8 heteroatoms. The van der Waals surface area contributed by atoms with E-state index in [9.17, 15) is 13.2 Å². The first-order valence-electron chi connectivity index (χ1n) is 14.4. The van der Waals surface area contributed by atoms with E-state index >= 15 is 0 Å². The van der Waals surface area contributed by atoms with Crippen molar-refractivity contribution < 1.29 is 27.8 Å². The van der Waals surface area contributed by atoms with Crippen LogP contribution in [-0.2, 0) is 10.2 Å². The molecular formula is C33H39F3N2O3. The molecule has 3 aromatic rings. The molecule has 0 radical (unpaired) electrons. The summed E-state index contributed by atoms with van der Waals surface area (Å²) in [4.78, 5) is 14.0. The summed E-state index contributed by atoms with van der Waals surface area (Å²) in [5, 5.41) is 7.12. The van der Waals surface area contributed by atoms with E-state index in [0.717, 1.165) is 51.3 Å². The molecule has 220 valence electrons. The molecule has 2 heterocycles. The van der Waals surface area contributed by atoms with Crippen molar-refractivity contribution >= 4 is 11.7 Å². The number of anilines is 1. The minimum atomic E-state index is -5.08. The molecule has 2 aliphatic rings.